The lowest BCUT2D eigenvalue weighted by Gasteiger charge is -2.34. The van der Waals surface area contributed by atoms with Gasteiger partial charge >= 0.3 is 0 Å². The average molecular weight is 713 g/mol. The highest BCUT2D eigenvalue weighted by Crippen LogP contribution is 2.30. The van der Waals surface area contributed by atoms with Crippen molar-refractivity contribution in [2.75, 3.05) is 17.1 Å². The summed E-state index contributed by atoms with van der Waals surface area (Å²) in [5.41, 5.74) is 2.53. The van der Waals surface area contributed by atoms with Gasteiger partial charge in [0.15, 0.2) is 0 Å². The highest BCUT2D eigenvalue weighted by Gasteiger charge is 2.35. The van der Waals surface area contributed by atoms with Gasteiger partial charge in [-0.25, -0.2) is 8.42 Å². The van der Waals surface area contributed by atoms with E-state index >= 15 is 0 Å². The molecule has 0 bridgehead atoms. The van der Waals surface area contributed by atoms with Gasteiger partial charge in [-0.15, -0.1) is 11.8 Å². The number of anilines is 1. The van der Waals surface area contributed by atoms with E-state index in [0.29, 0.717) is 27.7 Å². The highest BCUT2D eigenvalue weighted by molar-refractivity contribution is 7.98. The molecule has 0 spiro atoms. The fourth-order valence-electron chi connectivity index (χ4n) is 4.96. The molecule has 4 aromatic rings. The second-order valence-corrected chi connectivity index (χ2v) is 14.8. The van der Waals surface area contributed by atoms with Gasteiger partial charge in [-0.05, 0) is 80.6 Å². The highest BCUT2D eigenvalue weighted by atomic mass is 35.5. The Morgan fingerprint density at radius 2 is 1.49 bits per heavy atom. The lowest BCUT2D eigenvalue weighted by molar-refractivity contribution is -0.140. The Morgan fingerprint density at radius 3 is 2.06 bits per heavy atom. The van der Waals surface area contributed by atoms with Gasteiger partial charge in [0, 0.05) is 39.5 Å². The summed E-state index contributed by atoms with van der Waals surface area (Å²) >= 11 is 14.7. The van der Waals surface area contributed by atoms with E-state index in [1.54, 1.807) is 54.6 Å². The lowest BCUT2D eigenvalue weighted by Crippen LogP contribution is -2.54. The van der Waals surface area contributed by atoms with Crippen molar-refractivity contribution in [3.8, 4) is 0 Å². The Labute approximate surface area is 292 Å². The van der Waals surface area contributed by atoms with Gasteiger partial charge in [0.1, 0.15) is 12.6 Å². The van der Waals surface area contributed by atoms with Crippen molar-refractivity contribution in [3.63, 3.8) is 0 Å². The van der Waals surface area contributed by atoms with E-state index in [-0.39, 0.29) is 29.8 Å². The zero-order chi connectivity index (χ0) is 34.1. The number of sulfonamides is 1. The SMILES string of the molecule is CC[C@@H](C)NC(=O)[C@@H](Cc1ccccc1)N(Cc1c(Cl)cccc1Cl)C(=O)CN(c1ccc(C)cc1)S(=O)(=O)c1ccc(SC)cc1. The molecule has 0 aliphatic carbocycles. The molecule has 0 fully saturated rings. The van der Waals surface area contributed by atoms with Gasteiger partial charge in [-0.3, -0.25) is 13.9 Å². The third kappa shape index (κ3) is 9.32. The molecule has 11 heteroatoms. The van der Waals surface area contributed by atoms with E-state index < -0.39 is 28.5 Å². The predicted octanol–water partition coefficient (Wildman–Crippen LogP) is 7.77. The summed E-state index contributed by atoms with van der Waals surface area (Å²) < 4.78 is 29.6. The van der Waals surface area contributed by atoms with E-state index in [9.17, 15) is 18.0 Å². The Morgan fingerprint density at radius 1 is 0.872 bits per heavy atom. The van der Waals surface area contributed by atoms with Crippen molar-refractivity contribution in [2.45, 2.75) is 62.0 Å². The second kappa shape index (κ2) is 16.6. The van der Waals surface area contributed by atoms with E-state index in [4.69, 9.17) is 23.2 Å². The standard InChI is InChI=1S/C36H39Cl2N3O4S2/c1-5-26(3)39-36(43)34(22-27-10-7-6-8-11-27)40(23-31-32(37)12-9-13-33(31)38)35(42)24-41(28-16-14-25(2)15-17-28)47(44,45)30-20-18-29(46-4)19-21-30/h6-21,26,34H,5,22-24H2,1-4H3,(H,39,43)/t26-,34-/m1/s1. The second-order valence-electron chi connectivity index (χ2n) is 11.3. The van der Waals surface area contributed by atoms with Crippen LogP contribution >= 0.6 is 35.0 Å². The first-order chi connectivity index (χ1) is 22.4. The van der Waals surface area contributed by atoms with E-state index in [1.807, 2.05) is 57.4 Å². The minimum Gasteiger partial charge on any atom is -0.352 e. The summed E-state index contributed by atoms with van der Waals surface area (Å²) in [5.74, 6) is -0.955. The first-order valence-electron chi connectivity index (χ1n) is 15.2. The zero-order valence-electron chi connectivity index (χ0n) is 26.8. The molecule has 2 amide bonds. The topological polar surface area (TPSA) is 86.8 Å². The van der Waals surface area contributed by atoms with Crippen molar-refractivity contribution in [3.05, 3.63) is 124 Å². The molecule has 4 rings (SSSR count). The van der Waals surface area contributed by atoms with Crippen molar-refractivity contribution in [1.82, 2.24) is 10.2 Å². The number of thioether (sulfide) groups is 1. The molecule has 47 heavy (non-hydrogen) atoms. The minimum atomic E-state index is -4.21. The molecular formula is C36H39Cl2N3O4S2. The van der Waals surface area contributed by atoms with Crippen LogP contribution < -0.4 is 9.62 Å². The molecule has 0 radical (unpaired) electrons. The van der Waals surface area contributed by atoms with Crippen LogP contribution in [0.5, 0.6) is 0 Å². The number of carbonyl (C=O) groups is 2. The number of carbonyl (C=O) groups excluding carboxylic acids is 2. The molecule has 1 N–H and O–H groups in total. The summed E-state index contributed by atoms with van der Waals surface area (Å²) in [5, 5.41) is 3.68. The first kappa shape index (κ1) is 36.3. The molecule has 0 aliphatic heterocycles. The smallest absolute Gasteiger partial charge is 0.264 e. The van der Waals surface area contributed by atoms with Crippen LogP contribution in [-0.4, -0.2) is 50.0 Å². The number of aryl methyl sites for hydroxylation is 1. The van der Waals surface area contributed by atoms with Crippen molar-refractivity contribution in [2.24, 2.45) is 0 Å². The maximum absolute atomic E-state index is 14.6. The fraction of sp³-hybridized carbons (Fsp3) is 0.278. The molecule has 2 atom stereocenters. The lowest BCUT2D eigenvalue weighted by atomic mass is 10.0. The maximum Gasteiger partial charge on any atom is 0.264 e. The summed E-state index contributed by atoms with van der Waals surface area (Å²) in [6.07, 6.45) is 2.77. The number of amides is 2. The Bertz CT molecular complexity index is 1750. The van der Waals surface area contributed by atoms with Crippen LogP contribution in [0.15, 0.2) is 107 Å². The quantitative estimate of drug-likeness (QED) is 0.135. The average Bonchev–Trinajstić information content (AvgIpc) is 3.07. The van der Waals surface area contributed by atoms with Gasteiger partial charge in [-0.2, -0.15) is 0 Å². The van der Waals surface area contributed by atoms with Crippen molar-refractivity contribution in [1.29, 1.82) is 0 Å². The Kier molecular flexibility index (Phi) is 12.8. The monoisotopic (exact) mass is 711 g/mol. The van der Waals surface area contributed by atoms with Crippen LogP contribution in [0.3, 0.4) is 0 Å². The molecular weight excluding hydrogens is 673 g/mol. The van der Waals surface area contributed by atoms with Crippen LogP contribution in [0.2, 0.25) is 10.0 Å². The molecule has 4 aromatic carbocycles. The summed E-state index contributed by atoms with van der Waals surface area (Å²) in [4.78, 5) is 31.0. The number of benzene rings is 4. The summed E-state index contributed by atoms with van der Waals surface area (Å²) in [6, 6.07) is 26.7. The molecule has 0 aliphatic rings. The van der Waals surface area contributed by atoms with Crippen molar-refractivity contribution >= 4 is 62.5 Å². The van der Waals surface area contributed by atoms with Gasteiger partial charge in [-0.1, -0.05) is 84.2 Å². The molecule has 248 valence electrons. The number of nitrogens with zero attached hydrogens (tertiary/aromatic N) is 2. The molecule has 0 saturated heterocycles. The van der Waals surface area contributed by atoms with E-state index in [0.717, 1.165) is 20.3 Å². The number of halogens is 2. The molecule has 0 unspecified atom stereocenters. The van der Waals surface area contributed by atoms with Crippen LogP contribution in [-0.2, 0) is 32.6 Å². The Hall–Kier alpha value is -3.50. The van der Waals surface area contributed by atoms with Crippen LogP contribution in [0, 0.1) is 6.92 Å². The number of rotatable bonds is 14. The Balaban J connectivity index is 1.84. The van der Waals surface area contributed by atoms with Gasteiger partial charge in [0.25, 0.3) is 10.0 Å². The molecule has 0 heterocycles. The number of nitrogens with one attached hydrogen (secondary N) is 1. The molecule has 7 nitrogen and oxygen atoms in total. The number of hydrogen-bond donors (Lipinski definition) is 1. The zero-order valence-corrected chi connectivity index (χ0v) is 30.0. The predicted molar refractivity (Wildman–Crippen MR) is 193 cm³/mol. The third-order valence-corrected chi connectivity index (χ3v) is 11.2. The van der Waals surface area contributed by atoms with E-state index in [2.05, 4.69) is 5.32 Å². The van der Waals surface area contributed by atoms with Crippen LogP contribution in [0.1, 0.15) is 37.0 Å². The van der Waals surface area contributed by atoms with Crippen LogP contribution in [0.25, 0.3) is 0 Å². The third-order valence-electron chi connectivity index (χ3n) is 7.91. The van der Waals surface area contributed by atoms with Gasteiger partial charge < -0.3 is 10.2 Å². The largest absolute Gasteiger partial charge is 0.352 e. The van der Waals surface area contributed by atoms with E-state index in [1.165, 1.54) is 28.8 Å². The molecule has 0 aromatic heterocycles. The summed E-state index contributed by atoms with van der Waals surface area (Å²) in [6.45, 7) is 5.06. The fourth-order valence-corrected chi connectivity index (χ4v) is 7.30. The summed E-state index contributed by atoms with van der Waals surface area (Å²) in [7, 11) is -4.21. The van der Waals surface area contributed by atoms with Gasteiger partial charge in [0.2, 0.25) is 11.8 Å². The normalized spacial score (nSPS) is 12.6. The molecule has 0 saturated carbocycles. The van der Waals surface area contributed by atoms with Gasteiger partial charge in [0.05, 0.1) is 10.6 Å². The maximum atomic E-state index is 14.6. The minimum absolute atomic E-state index is 0.0414. The van der Waals surface area contributed by atoms with Crippen molar-refractivity contribution < 1.29 is 18.0 Å². The first-order valence-corrected chi connectivity index (χ1v) is 18.7. The number of hydrogen-bond acceptors (Lipinski definition) is 5. The van der Waals surface area contributed by atoms with Crippen LogP contribution in [0.4, 0.5) is 5.69 Å².